The average Bonchev–Trinajstić information content (AvgIpc) is 3.10. The van der Waals surface area contributed by atoms with Crippen LogP contribution in [-0.2, 0) is 0 Å². The number of methoxy groups -OCH3 is 2. The maximum atomic E-state index is 12.6. The van der Waals surface area contributed by atoms with Crippen molar-refractivity contribution in [3.05, 3.63) is 59.8 Å². The molecular formula is C19H18N4O4S. The van der Waals surface area contributed by atoms with Crippen molar-refractivity contribution in [2.24, 2.45) is 5.73 Å². The summed E-state index contributed by atoms with van der Waals surface area (Å²) in [5.41, 5.74) is 6.52. The minimum atomic E-state index is -0.736. The summed E-state index contributed by atoms with van der Waals surface area (Å²) in [6.07, 6.45) is 0. The van der Waals surface area contributed by atoms with Crippen molar-refractivity contribution in [1.29, 1.82) is 0 Å². The molecule has 0 saturated heterocycles. The third-order valence-corrected chi connectivity index (χ3v) is 4.64. The van der Waals surface area contributed by atoms with Gasteiger partial charge >= 0.3 is 0 Å². The van der Waals surface area contributed by atoms with E-state index in [9.17, 15) is 9.59 Å². The Kier molecular flexibility index (Phi) is 5.75. The molecule has 0 aliphatic heterocycles. The lowest BCUT2D eigenvalue weighted by Crippen LogP contribution is -2.17. The summed E-state index contributed by atoms with van der Waals surface area (Å²) in [7, 11) is 2.99. The molecule has 3 aromatic rings. The van der Waals surface area contributed by atoms with E-state index in [1.807, 2.05) is 30.3 Å². The Labute approximate surface area is 165 Å². The van der Waals surface area contributed by atoms with E-state index in [2.05, 4.69) is 15.6 Å². The number of carbonyl (C=O) groups is 2. The molecule has 3 rings (SSSR count). The number of para-hydroxylation sites is 1. The van der Waals surface area contributed by atoms with Crippen molar-refractivity contribution in [3.8, 4) is 11.5 Å². The molecule has 0 atom stereocenters. The smallest absolute Gasteiger partial charge is 0.270 e. The van der Waals surface area contributed by atoms with E-state index in [1.165, 1.54) is 14.2 Å². The molecule has 1 heterocycles. The molecule has 8 nitrogen and oxygen atoms in total. The summed E-state index contributed by atoms with van der Waals surface area (Å²) in [6.45, 7) is 0. The Morgan fingerprint density at radius 2 is 1.75 bits per heavy atom. The van der Waals surface area contributed by atoms with E-state index in [0.29, 0.717) is 22.2 Å². The highest BCUT2D eigenvalue weighted by atomic mass is 32.1. The fraction of sp³-hybridized carbons (Fsp3) is 0.105. The molecule has 144 valence electrons. The van der Waals surface area contributed by atoms with Gasteiger partial charge in [0.1, 0.15) is 5.00 Å². The number of nitrogens with zero attached hydrogens (tertiary/aromatic N) is 1. The lowest BCUT2D eigenvalue weighted by molar-refractivity contribution is 0.0997. The quantitative estimate of drug-likeness (QED) is 0.563. The van der Waals surface area contributed by atoms with Crippen LogP contribution in [0.2, 0.25) is 0 Å². The van der Waals surface area contributed by atoms with Crippen molar-refractivity contribution in [2.75, 3.05) is 24.9 Å². The van der Waals surface area contributed by atoms with Gasteiger partial charge in [-0.3, -0.25) is 9.59 Å². The van der Waals surface area contributed by atoms with E-state index in [1.54, 1.807) is 18.2 Å². The largest absolute Gasteiger partial charge is 0.493 e. The van der Waals surface area contributed by atoms with Gasteiger partial charge in [0.05, 0.1) is 14.2 Å². The molecule has 2 amide bonds. The van der Waals surface area contributed by atoms with Crippen LogP contribution in [0.4, 0.5) is 15.8 Å². The SMILES string of the molecule is COc1ccc(C(=O)Nc2sc(Nc3ccccc3)nc2C(N)=O)cc1OC. The van der Waals surface area contributed by atoms with Gasteiger partial charge in [-0.25, -0.2) is 4.98 Å². The summed E-state index contributed by atoms with van der Waals surface area (Å²) in [5, 5.41) is 6.45. The number of primary amides is 1. The normalized spacial score (nSPS) is 10.2. The molecule has 0 radical (unpaired) electrons. The maximum absolute atomic E-state index is 12.6. The fourth-order valence-electron chi connectivity index (χ4n) is 2.42. The summed E-state index contributed by atoms with van der Waals surface area (Å²) in [5.74, 6) is -0.247. The van der Waals surface area contributed by atoms with Gasteiger partial charge in [-0.2, -0.15) is 0 Å². The Bertz CT molecular complexity index is 1000. The van der Waals surface area contributed by atoms with Gasteiger partial charge in [-0.05, 0) is 30.3 Å². The number of hydrogen-bond acceptors (Lipinski definition) is 7. The molecule has 0 spiro atoms. The first-order chi connectivity index (χ1) is 13.5. The lowest BCUT2D eigenvalue weighted by atomic mass is 10.2. The maximum Gasteiger partial charge on any atom is 0.270 e. The predicted molar refractivity (Wildman–Crippen MR) is 108 cm³/mol. The van der Waals surface area contributed by atoms with Crippen LogP contribution in [-0.4, -0.2) is 31.0 Å². The number of ether oxygens (including phenoxy) is 2. The first-order valence-electron chi connectivity index (χ1n) is 8.18. The zero-order chi connectivity index (χ0) is 20.1. The van der Waals surface area contributed by atoms with Gasteiger partial charge in [-0.15, -0.1) is 0 Å². The molecule has 4 N–H and O–H groups in total. The summed E-state index contributed by atoms with van der Waals surface area (Å²) < 4.78 is 10.4. The number of amides is 2. The summed E-state index contributed by atoms with van der Waals surface area (Å²) in [4.78, 5) is 28.5. The minimum Gasteiger partial charge on any atom is -0.493 e. The van der Waals surface area contributed by atoms with E-state index >= 15 is 0 Å². The van der Waals surface area contributed by atoms with E-state index in [4.69, 9.17) is 15.2 Å². The van der Waals surface area contributed by atoms with Crippen LogP contribution < -0.4 is 25.8 Å². The lowest BCUT2D eigenvalue weighted by Gasteiger charge is -2.09. The number of anilines is 3. The second-order valence-corrected chi connectivity index (χ2v) is 6.57. The number of aromatic nitrogens is 1. The number of benzene rings is 2. The monoisotopic (exact) mass is 398 g/mol. The Balaban J connectivity index is 1.84. The van der Waals surface area contributed by atoms with Crippen molar-refractivity contribution in [3.63, 3.8) is 0 Å². The molecule has 0 fully saturated rings. The second-order valence-electron chi connectivity index (χ2n) is 5.58. The van der Waals surface area contributed by atoms with Gasteiger partial charge in [-0.1, -0.05) is 29.5 Å². The Morgan fingerprint density at radius 3 is 2.39 bits per heavy atom. The molecule has 0 unspecified atom stereocenters. The van der Waals surface area contributed by atoms with Gasteiger partial charge in [0.15, 0.2) is 22.3 Å². The third-order valence-electron chi connectivity index (χ3n) is 3.76. The topological polar surface area (TPSA) is 116 Å². The molecule has 0 saturated carbocycles. The average molecular weight is 398 g/mol. The number of rotatable bonds is 7. The number of thiazole rings is 1. The number of nitrogens with one attached hydrogen (secondary N) is 2. The number of carbonyl (C=O) groups excluding carboxylic acids is 2. The third kappa shape index (κ3) is 4.21. The molecule has 0 aliphatic rings. The van der Waals surface area contributed by atoms with Crippen LogP contribution in [0.3, 0.4) is 0 Å². The van der Waals surface area contributed by atoms with Crippen molar-refractivity contribution < 1.29 is 19.1 Å². The summed E-state index contributed by atoms with van der Waals surface area (Å²) >= 11 is 1.11. The van der Waals surface area contributed by atoms with Crippen LogP contribution in [0.15, 0.2) is 48.5 Å². The zero-order valence-electron chi connectivity index (χ0n) is 15.2. The zero-order valence-corrected chi connectivity index (χ0v) is 16.0. The van der Waals surface area contributed by atoms with E-state index in [0.717, 1.165) is 17.0 Å². The first kappa shape index (κ1) is 19.2. The molecule has 1 aromatic heterocycles. The van der Waals surface area contributed by atoms with Gasteiger partial charge < -0.3 is 25.8 Å². The van der Waals surface area contributed by atoms with Gasteiger partial charge in [0.25, 0.3) is 11.8 Å². The highest BCUT2D eigenvalue weighted by Gasteiger charge is 2.19. The van der Waals surface area contributed by atoms with Crippen LogP contribution in [0, 0.1) is 0 Å². The molecule has 0 bridgehead atoms. The van der Waals surface area contributed by atoms with Gasteiger partial charge in [0, 0.05) is 11.3 Å². The highest BCUT2D eigenvalue weighted by Crippen LogP contribution is 2.32. The molecule has 2 aromatic carbocycles. The minimum absolute atomic E-state index is 0.0164. The number of hydrogen-bond donors (Lipinski definition) is 3. The Morgan fingerprint density at radius 1 is 1.04 bits per heavy atom. The standard InChI is InChI=1S/C19H18N4O4S/c1-26-13-9-8-11(10-14(13)27-2)17(25)23-18-15(16(20)24)22-19(28-18)21-12-6-4-3-5-7-12/h3-10H,1-2H3,(H2,20,24)(H,21,22)(H,23,25). The van der Waals surface area contributed by atoms with Crippen molar-refractivity contribution in [1.82, 2.24) is 4.98 Å². The van der Waals surface area contributed by atoms with E-state index in [-0.39, 0.29) is 10.7 Å². The van der Waals surface area contributed by atoms with Crippen LogP contribution >= 0.6 is 11.3 Å². The molecule has 28 heavy (non-hydrogen) atoms. The molecule has 0 aliphatic carbocycles. The highest BCUT2D eigenvalue weighted by molar-refractivity contribution is 7.20. The van der Waals surface area contributed by atoms with Gasteiger partial charge in [0.2, 0.25) is 0 Å². The Hall–Kier alpha value is -3.59. The van der Waals surface area contributed by atoms with E-state index < -0.39 is 11.8 Å². The first-order valence-corrected chi connectivity index (χ1v) is 8.99. The summed E-state index contributed by atoms with van der Waals surface area (Å²) in [6, 6.07) is 14.1. The molecule has 9 heteroatoms. The van der Waals surface area contributed by atoms with Crippen LogP contribution in [0.5, 0.6) is 11.5 Å². The number of nitrogens with two attached hydrogens (primary N) is 1. The second kappa shape index (κ2) is 8.40. The van der Waals surface area contributed by atoms with Crippen LogP contribution in [0.1, 0.15) is 20.8 Å². The predicted octanol–water partition coefficient (Wildman–Crippen LogP) is 3.26. The molecular weight excluding hydrogens is 380 g/mol. The fourth-order valence-corrected chi connectivity index (χ4v) is 3.31. The van der Waals surface area contributed by atoms with Crippen molar-refractivity contribution in [2.45, 2.75) is 0 Å². The van der Waals surface area contributed by atoms with Crippen molar-refractivity contribution >= 4 is 39.0 Å². The van der Waals surface area contributed by atoms with Crippen LogP contribution in [0.25, 0.3) is 0 Å².